The first-order valence-electron chi connectivity index (χ1n) is 10.4. The lowest BCUT2D eigenvalue weighted by Gasteiger charge is -2.36. The molecule has 1 aliphatic heterocycles. The molecule has 0 saturated carbocycles. The molecule has 0 bridgehead atoms. The third kappa shape index (κ3) is 5.28. The van der Waals surface area contributed by atoms with Gasteiger partial charge in [-0.1, -0.05) is 42.0 Å². The molecule has 1 heterocycles. The van der Waals surface area contributed by atoms with Crippen molar-refractivity contribution in [2.24, 2.45) is 0 Å². The second-order valence-electron chi connectivity index (χ2n) is 7.50. The van der Waals surface area contributed by atoms with Crippen LogP contribution in [0.25, 0.3) is 0 Å². The minimum Gasteiger partial charge on any atom is -0.382 e. The average molecular weight is 431 g/mol. The molecule has 1 N–H and O–H groups in total. The van der Waals surface area contributed by atoms with E-state index < -0.39 is 16.1 Å². The lowest BCUT2D eigenvalue weighted by molar-refractivity contribution is -0.122. The van der Waals surface area contributed by atoms with Gasteiger partial charge in [-0.3, -0.25) is 4.79 Å². The minimum absolute atomic E-state index is 0.0940. The highest BCUT2D eigenvalue weighted by Crippen LogP contribution is 2.36. The van der Waals surface area contributed by atoms with Gasteiger partial charge in [-0.15, -0.1) is 0 Å². The summed E-state index contributed by atoms with van der Waals surface area (Å²) < 4.78 is 33.6. The van der Waals surface area contributed by atoms with Gasteiger partial charge in [0.1, 0.15) is 0 Å². The summed E-state index contributed by atoms with van der Waals surface area (Å²) >= 11 is 0. The van der Waals surface area contributed by atoms with E-state index in [2.05, 4.69) is 5.32 Å². The van der Waals surface area contributed by atoms with Crippen molar-refractivity contribution < 1.29 is 17.9 Å². The lowest BCUT2D eigenvalue weighted by Crippen LogP contribution is -2.42. The molecule has 1 aliphatic rings. The van der Waals surface area contributed by atoms with E-state index in [4.69, 9.17) is 4.74 Å². The van der Waals surface area contributed by atoms with Crippen molar-refractivity contribution in [1.29, 1.82) is 0 Å². The Hall–Kier alpha value is -2.22. The summed E-state index contributed by atoms with van der Waals surface area (Å²) in [6.45, 7) is 5.97. The normalized spacial score (nSPS) is 16.8. The number of carbonyl (C=O) groups excluding carboxylic acids is 1. The molecule has 30 heavy (non-hydrogen) atoms. The number of fused-ring (bicyclic) bond motifs is 1. The van der Waals surface area contributed by atoms with Crippen LogP contribution in [0.5, 0.6) is 0 Å². The number of nitrogens with zero attached hydrogens (tertiary/aromatic N) is 1. The molecule has 0 fully saturated rings. The van der Waals surface area contributed by atoms with Crippen molar-refractivity contribution in [2.45, 2.75) is 44.0 Å². The molecule has 0 aliphatic carbocycles. The summed E-state index contributed by atoms with van der Waals surface area (Å²) in [4.78, 5) is 12.9. The quantitative estimate of drug-likeness (QED) is 0.620. The molecule has 162 valence electrons. The van der Waals surface area contributed by atoms with Gasteiger partial charge in [0.25, 0.3) is 0 Å². The summed E-state index contributed by atoms with van der Waals surface area (Å²) in [5.41, 5.74) is 3.01. The van der Waals surface area contributed by atoms with Crippen LogP contribution in [-0.2, 0) is 26.0 Å². The SMILES string of the molecule is CCOCCCNC(=O)CC1c2ccccc2CCN1S(=O)(=O)c1ccc(C)cc1. The van der Waals surface area contributed by atoms with Crippen LogP contribution in [0.4, 0.5) is 0 Å². The van der Waals surface area contributed by atoms with Crippen LogP contribution in [0.2, 0.25) is 0 Å². The first kappa shape index (κ1) is 22.5. The van der Waals surface area contributed by atoms with E-state index in [1.807, 2.05) is 38.1 Å². The molecule has 1 amide bonds. The molecule has 0 spiro atoms. The van der Waals surface area contributed by atoms with E-state index in [0.29, 0.717) is 32.7 Å². The fourth-order valence-corrected chi connectivity index (χ4v) is 5.37. The Morgan fingerprint density at radius 3 is 2.63 bits per heavy atom. The van der Waals surface area contributed by atoms with E-state index >= 15 is 0 Å². The fourth-order valence-electron chi connectivity index (χ4n) is 3.77. The van der Waals surface area contributed by atoms with Crippen LogP contribution in [0, 0.1) is 6.92 Å². The molecule has 1 unspecified atom stereocenters. The second-order valence-corrected chi connectivity index (χ2v) is 9.39. The molecule has 0 aromatic heterocycles. The molecular formula is C23H30N2O4S. The largest absolute Gasteiger partial charge is 0.382 e. The third-order valence-corrected chi connectivity index (χ3v) is 7.28. The number of amides is 1. The predicted molar refractivity (Wildman–Crippen MR) is 117 cm³/mol. The van der Waals surface area contributed by atoms with Crippen LogP contribution >= 0.6 is 0 Å². The smallest absolute Gasteiger partial charge is 0.243 e. The van der Waals surface area contributed by atoms with E-state index in [9.17, 15) is 13.2 Å². The Bertz CT molecular complexity index is 957. The van der Waals surface area contributed by atoms with Crippen molar-refractivity contribution in [3.63, 3.8) is 0 Å². The molecule has 6 nitrogen and oxygen atoms in total. The molecule has 0 saturated heterocycles. The van der Waals surface area contributed by atoms with E-state index in [1.165, 1.54) is 4.31 Å². The lowest BCUT2D eigenvalue weighted by atomic mass is 9.92. The molecule has 1 atom stereocenters. The van der Waals surface area contributed by atoms with Gasteiger partial charge in [0.2, 0.25) is 15.9 Å². The number of sulfonamides is 1. The monoisotopic (exact) mass is 430 g/mol. The van der Waals surface area contributed by atoms with Crippen LogP contribution < -0.4 is 5.32 Å². The molecule has 2 aromatic carbocycles. The van der Waals surface area contributed by atoms with Gasteiger partial charge < -0.3 is 10.1 Å². The Labute approximate surface area is 179 Å². The Balaban J connectivity index is 1.81. The molecule has 2 aromatic rings. The van der Waals surface area contributed by atoms with Gasteiger partial charge >= 0.3 is 0 Å². The summed E-state index contributed by atoms with van der Waals surface area (Å²) in [5.74, 6) is -0.155. The van der Waals surface area contributed by atoms with Gasteiger partial charge in [-0.05, 0) is 49.9 Å². The number of ether oxygens (including phenoxy) is 1. The number of rotatable bonds is 9. The van der Waals surface area contributed by atoms with Gasteiger partial charge in [0.05, 0.1) is 10.9 Å². The summed E-state index contributed by atoms with van der Waals surface area (Å²) in [5, 5.41) is 2.90. The highest BCUT2D eigenvalue weighted by molar-refractivity contribution is 7.89. The van der Waals surface area contributed by atoms with Crippen LogP contribution in [-0.4, -0.2) is 44.9 Å². The maximum absolute atomic E-state index is 13.4. The van der Waals surface area contributed by atoms with Crippen molar-refractivity contribution in [2.75, 3.05) is 26.3 Å². The van der Waals surface area contributed by atoms with Gasteiger partial charge in [0, 0.05) is 32.7 Å². The van der Waals surface area contributed by atoms with E-state index in [-0.39, 0.29) is 17.2 Å². The maximum atomic E-state index is 13.4. The van der Waals surface area contributed by atoms with Gasteiger partial charge in [0.15, 0.2) is 0 Å². The standard InChI is InChI=1S/C23H30N2O4S/c1-3-29-16-6-14-24-23(26)17-22-21-8-5-4-7-19(21)13-15-25(22)30(27,28)20-11-9-18(2)10-12-20/h4-5,7-12,22H,3,6,13-17H2,1-2H3,(H,24,26). The topological polar surface area (TPSA) is 75.7 Å². The van der Waals surface area contributed by atoms with Crippen molar-refractivity contribution in [3.05, 3.63) is 65.2 Å². The Kier molecular flexibility index (Phi) is 7.64. The van der Waals surface area contributed by atoms with Crippen molar-refractivity contribution in [3.8, 4) is 0 Å². The number of carbonyl (C=O) groups is 1. The number of benzene rings is 2. The Morgan fingerprint density at radius 1 is 1.17 bits per heavy atom. The van der Waals surface area contributed by atoms with Gasteiger partial charge in [-0.2, -0.15) is 4.31 Å². The zero-order valence-electron chi connectivity index (χ0n) is 17.6. The molecule has 3 rings (SSSR count). The predicted octanol–water partition coefficient (Wildman–Crippen LogP) is 3.22. The highest BCUT2D eigenvalue weighted by atomic mass is 32.2. The second kappa shape index (κ2) is 10.2. The fraction of sp³-hybridized carbons (Fsp3) is 0.435. The van der Waals surface area contributed by atoms with E-state index in [0.717, 1.165) is 23.1 Å². The maximum Gasteiger partial charge on any atom is 0.243 e. The van der Waals surface area contributed by atoms with Crippen LogP contribution in [0.15, 0.2) is 53.4 Å². The molecule has 0 radical (unpaired) electrons. The first-order chi connectivity index (χ1) is 14.4. The summed E-state index contributed by atoms with van der Waals surface area (Å²) in [6.07, 6.45) is 1.46. The molecular weight excluding hydrogens is 400 g/mol. The van der Waals surface area contributed by atoms with E-state index in [1.54, 1.807) is 24.3 Å². The first-order valence-corrected chi connectivity index (χ1v) is 11.9. The van der Waals surface area contributed by atoms with Crippen molar-refractivity contribution in [1.82, 2.24) is 9.62 Å². The third-order valence-electron chi connectivity index (χ3n) is 5.36. The number of hydrogen-bond donors (Lipinski definition) is 1. The Morgan fingerprint density at radius 2 is 1.90 bits per heavy atom. The minimum atomic E-state index is -3.72. The number of aryl methyl sites for hydroxylation is 1. The van der Waals surface area contributed by atoms with Crippen molar-refractivity contribution >= 4 is 15.9 Å². The van der Waals surface area contributed by atoms with Crippen LogP contribution in [0.3, 0.4) is 0 Å². The summed E-state index contributed by atoms with van der Waals surface area (Å²) in [7, 11) is -3.72. The molecule has 7 heteroatoms. The zero-order chi connectivity index (χ0) is 21.6. The van der Waals surface area contributed by atoms with Crippen LogP contribution in [0.1, 0.15) is 42.5 Å². The average Bonchev–Trinajstić information content (AvgIpc) is 2.74. The highest BCUT2D eigenvalue weighted by Gasteiger charge is 2.37. The summed E-state index contributed by atoms with van der Waals surface area (Å²) in [6, 6.07) is 14.1. The van der Waals surface area contributed by atoms with Gasteiger partial charge in [-0.25, -0.2) is 8.42 Å². The zero-order valence-corrected chi connectivity index (χ0v) is 18.5. The number of nitrogens with one attached hydrogen (secondary N) is 1. The number of hydrogen-bond acceptors (Lipinski definition) is 4.